The Morgan fingerprint density at radius 2 is 1.93 bits per heavy atom. The number of thioether (sulfide) groups is 1. The molecule has 0 unspecified atom stereocenters. The first-order valence-electron chi connectivity index (χ1n) is 9.86. The Labute approximate surface area is 183 Å². The van der Waals surface area contributed by atoms with E-state index in [0.29, 0.717) is 45.2 Å². The molecule has 0 saturated carbocycles. The fourth-order valence-electron chi connectivity index (χ4n) is 3.14. The van der Waals surface area contributed by atoms with Crippen molar-refractivity contribution in [1.29, 1.82) is 0 Å². The largest absolute Gasteiger partial charge is 0.420 e. The molecule has 0 aliphatic rings. The molecule has 0 aliphatic heterocycles. The predicted octanol–water partition coefficient (Wildman–Crippen LogP) is 5.58. The van der Waals surface area contributed by atoms with Crippen molar-refractivity contribution in [3.05, 3.63) is 69.8 Å². The minimum atomic E-state index is -0.0502. The van der Waals surface area contributed by atoms with Gasteiger partial charge in [0.15, 0.2) is 5.16 Å². The average Bonchev–Trinajstić information content (AvgIpc) is 3.23. The molecule has 8 heteroatoms. The quantitative estimate of drug-likeness (QED) is 0.202. The maximum Gasteiger partial charge on any atom is 0.262 e. The lowest BCUT2D eigenvalue weighted by molar-refractivity contribution is 0.525. The van der Waals surface area contributed by atoms with Gasteiger partial charge in [0.25, 0.3) is 5.56 Å². The van der Waals surface area contributed by atoms with E-state index in [4.69, 9.17) is 21.0 Å². The number of benzene rings is 2. The number of hydrogen-bond acceptors (Lipinski definition) is 6. The summed E-state index contributed by atoms with van der Waals surface area (Å²) >= 11 is 7.52. The molecule has 0 aliphatic carbocycles. The van der Waals surface area contributed by atoms with Crippen LogP contribution in [0.25, 0.3) is 22.4 Å². The molecule has 4 aromatic rings. The zero-order chi connectivity index (χ0) is 20.9. The average molecular weight is 441 g/mol. The van der Waals surface area contributed by atoms with Gasteiger partial charge in [-0.1, -0.05) is 61.3 Å². The van der Waals surface area contributed by atoms with Crippen LogP contribution in [0.1, 0.15) is 32.1 Å². The molecule has 0 radical (unpaired) electrons. The molecule has 0 bridgehead atoms. The van der Waals surface area contributed by atoms with Crippen LogP contribution in [0, 0.1) is 0 Å². The third-order valence-corrected chi connectivity index (χ3v) is 5.88. The van der Waals surface area contributed by atoms with Crippen molar-refractivity contribution in [3.63, 3.8) is 0 Å². The molecule has 0 amide bonds. The topological polar surface area (TPSA) is 73.8 Å². The van der Waals surface area contributed by atoms with Gasteiger partial charge in [-0.3, -0.25) is 9.36 Å². The normalized spacial score (nSPS) is 11.3. The number of hydrogen-bond donors (Lipinski definition) is 0. The van der Waals surface area contributed by atoms with Gasteiger partial charge in [0, 0.05) is 17.1 Å². The molecule has 4 rings (SSSR count). The molecule has 0 N–H and O–H groups in total. The van der Waals surface area contributed by atoms with Crippen molar-refractivity contribution in [2.75, 3.05) is 0 Å². The summed E-state index contributed by atoms with van der Waals surface area (Å²) in [5.41, 5.74) is 1.42. The van der Waals surface area contributed by atoms with E-state index in [1.165, 1.54) is 11.8 Å². The van der Waals surface area contributed by atoms with Crippen molar-refractivity contribution in [3.8, 4) is 11.5 Å². The second-order valence-electron chi connectivity index (χ2n) is 6.88. The summed E-state index contributed by atoms with van der Waals surface area (Å²) < 4.78 is 7.53. The third kappa shape index (κ3) is 4.57. The van der Waals surface area contributed by atoms with Crippen LogP contribution in [0.15, 0.2) is 62.9 Å². The van der Waals surface area contributed by atoms with Gasteiger partial charge in [-0.05, 0) is 36.8 Å². The number of halogens is 1. The zero-order valence-corrected chi connectivity index (χ0v) is 18.1. The highest BCUT2D eigenvalue weighted by atomic mass is 35.5. The number of aromatic nitrogens is 4. The SMILES string of the molecule is CCCCCn1c(SCc2nnc(-c3ccccc3)o2)nc2cc(Cl)ccc2c1=O. The van der Waals surface area contributed by atoms with Crippen molar-refractivity contribution in [2.45, 2.75) is 43.6 Å². The Morgan fingerprint density at radius 3 is 2.73 bits per heavy atom. The molecule has 2 aromatic carbocycles. The van der Waals surface area contributed by atoms with E-state index >= 15 is 0 Å². The van der Waals surface area contributed by atoms with Crippen LogP contribution >= 0.6 is 23.4 Å². The molecule has 0 saturated heterocycles. The van der Waals surface area contributed by atoms with Crippen LogP contribution < -0.4 is 5.56 Å². The maximum atomic E-state index is 13.1. The second-order valence-corrected chi connectivity index (χ2v) is 8.25. The minimum Gasteiger partial charge on any atom is -0.420 e. The summed E-state index contributed by atoms with van der Waals surface area (Å²) in [6.45, 7) is 2.76. The third-order valence-electron chi connectivity index (χ3n) is 4.68. The number of unbranched alkanes of at least 4 members (excludes halogenated alkanes) is 2. The Bertz CT molecular complexity index is 1210. The number of nitrogens with zero attached hydrogens (tertiary/aromatic N) is 4. The van der Waals surface area contributed by atoms with Gasteiger partial charge in [-0.25, -0.2) is 4.98 Å². The van der Waals surface area contributed by atoms with Crippen molar-refractivity contribution in [2.24, 2.45) is 0 Å². The van der Waals surface area contributed by atoms with Gasteiger partial charge in [-0.2, -0.15) is 0 Å². The summed E-state index contributed by atoms with van der Waals surface area (Å²) in [4.78, 5) is 17.8. The summed E-state index contributed by atoms with van der Waals surface area (Å²) in [7, 11) is 0. The van der Waals surface area contributed by atoms with E-state index in [-0.39, 0.29) is 5.56 Å². The molecular formula is C22H21ClN4O2S. The monoisotopic (exact) mass is 440 g/mol. The van der Waals surface area contributed by atoms with Crippen LogP contribution in [-0.4, -0.2) is 19.7 Å². The zero-order valence-electron chi connectivity index (χ0n) is 16.5. The standard InChI is InChI=1S/C22H21ClN4O2S/c1-2-3-7-12-27-21(28)17-11-10-16(23)13-18(17)24-22(27)30-14-19-25-26-20(29-19)15-8-5-4-6-9-15/h4-6,8-11,13H,2-3,7,12,14H2,1H3. The van der Waals surface area contributed by atoms with Crippen molar-refractivity contribution < 1.29 is 4.42 Å². The first-order chi connectivity index (χ1) is 14.7. The maximum absolute atomic E-state index is 13.1. The van der Waals surface area contributed by atoms with Crippen LogP contribution in [0.4, 0.5) is 0 Å². The highest BCUT2D eigenvalue weighted by Crippen LogP contribution is 2.25. The van der Waals surface area contributed by atoms with Gasteiger partial charge in [0.05, 0.1) is 16.7 Å². The fourth-order valence-corrected chi connectivity index (χ4v) is 4.17. The summed E-state index contributed by atoms with van der Waals surface area (Å²) in [5.74, 6) is 1.38. The molecule has 0 fully saturated rings. The van der Waals surface area contributed by atoms with Gasteiger partial charge >= 0.3 is 0 Å². The van der Waals surface area contributed by atoms with E-state index in [1.54, 1.807) is 22.8 Å². The molecule has 0 atom stereocenters. The van der Waals surface area contributed by atoms with E-state index in [0.717, 1.165) is 24.8 Å². The molecule has 0 spiro atoms. The van der Waals surface area contributed by atoms with Crippen LogP contribution in [0.3, 0.4) is 0 Å². The lowest BCUT2D eigenvalue weighted by Crippen LogP contribution is -2.23. The summed E-state index contributed by atoms with van der Waals surface area (Å²) in [6, 6.07) is 14.8. The van der Waals surface area contributed by atoms with Gasteiger partial charge in [0.1, 0.15) is 0 Å². The number of fused-ring (bicyclic) bond motifs is 1. The predicted molar refractivity (Wildman–Crippen MR) is 120 cm³/mol. The molecule has 6 nitrogen and oxygen atoms in total. The van der Waals surface area contributed by atoms with Crippen LogP contribution in [-0.2, 0) is 12.3 Å². The Hall–Kier alpha value is -2.64. The number of rotatable bonds is 8. The highest BCUT2D eigenvalue weighted by molar-refractivity contribution is 7.98. The Kier molecular flexibility index (Phi) is 6.50. The first kappa shape index (κ1) is 20.6. The van der Waals surface area contributed by atoms with Crippen molar-refractivity contribution >= 4 is 34.3 Å². The van der Waals surface area contributed by atoms with E-state index < -0.39 is 0 Å². The smallest absolute Gasteiger partial charge is 0.262 e. The van der Waals surface area contributed by atoms with Crippen LogP contribution in [0.5, 0.6) is 0 Å². The van der Waals surface area contributed by atoms with E-state index in [9.17, 15) is 4.79 Å². The molecule has 30 heavy (non-hydrogen) atoms. The molecule has 2 aromatic heterocycles. The van der Waals surface area contributed by atoms with E-state index in [1.807, 2.05) is 30.3 Å². The summed E-state index contributed by atoms with van der Waals surface area (Å²) in [5, 5.41) is 10.0. The molecule has 2 heterocycles. The Balaban J connectivity index is 1.61. The lowest BCUT2D eigenvalue weighted by atomic mass is 10.2. The van der Waals surface area contributed by atoms with Gasteiger partial charge in [0.2, 0.25) is 11.8 Å². The molecular weight excluding hydrogens is 420 g/mol. The Morgan fingerprint density at radius 1 is 1.10 bits per heavy atom. The van der Waals surface area contributed by atoms with Crippen molar-refractivity contribution in [1.82, 2.24) is 19.7 Å². The second kappa shape index (κ2) is 9.45. The first-order valence-corrected chi connectivity index (χ1v) is 11.2. The van der Waals surface area contributed by atoms with E-state index in [2.05, 4.69) is 17.1 Å². The molecule has 154 valence electrons. The van der Waals surface area contributed by atoms with Gasteiger partial charge < -0.3 is 4.42 Å². The van der Waals surface area contributed by atoms with Crippen LogP contribution in [0.2, 0.25) is 5.02 Å². The fraction of sp³-hybridized carbons (Fsp3) is 0.273. The highest BCUT2D eigenvalue weighted by Gasteiger charge is 2.14. The van der Waals surface area contributed by atoms with Gasteiger partial charge in [-0.15, -0.1) is 10.2 Å². The summed E-state index contributed by atoms with van der Waals surface area (Å²) in [6.07, 6.45) is 3.06. The lowest BCUT2D eigenvalue weighted by Gasteiger charge is -2.12. The minimum absolute atomic E-state index is 0.0502.